The molecule has 0 saturated carbocycles. The molecule has 0 aliphatic rings. The Morgan fingerprint density at radius 2 is 1.84 bits per heavy atom. The molecule has 0 bridgehead atoms. The van der Waals surface area contributed by atoms with Crippen molar-refractivity contribution in [2.24, 2.45) is 0 Å². The monoisotopic (exact) mass is 442 g/mol. The molecule has 0 N–H and O–H groups in total. The zero-order valence-corrected chi connectivity index (χ0v) is 18.9. The van der Waals surface area contributed by atoms with Gasteiger partial charge in [-0.15, -0.1) is 0 Å². The van der Waals surface area contributed by atoms with Gasteiger partial charge in [0.1, 0.15) is 6.61 Å². The summed E-state index contributed by atoms with van der Waals surface area (Å²) in [5, 5.41) is 0. The van der Waals surface area contributed by atoms with Crippen molar-refractivity contribution < 1.29 is 9.47 Å². The summed E-state index contributed by atoms with van der Waals surface area (Å²) < 4.78 is 14.0. The van der Waals surface area contributed by atoms with E-state index < -0.39 is 0 Å². The molecule has 0 amide bonds. The van der Waals surface area contributed by atoms with Gasteiger partial charge in [-0.1, -0.05) is 59.9 Å². The minimum absolute atomic E-state index is 0.0763. The van der Waals surface area contributed by atoms with Gasteiger partial charge in [0.2, 0.25) is 0 Å². The number of nitrogens with zero attached hydrogens (tertiary/aromatic N) is 2. The van der Waals surface area contributed by atoms with Gasteiger partial charge in [0.25, 0.3) is 5.56 Å². The lowest BCUT2D eigenvalue weighted by molar-refractivity contribution is 0.284. The lowest BCUT2D eigenvalue weighted by atomic mass is 10.1. The van der Waals surface area contributed by atoms with Gasteiger partial charge in [-0.3, -0.25) is 4.79 Å². The van der Waals surface area contributed by atoms with Gasteiger partial charge < -0.3 is 9.47 Å². The highest BCUT2D eigenvalue weighted by Crippen LogP contribution is 2.32. The number of ether oxygens (including phenoxy) is 2. The van der Waals surface area contributed by atoms with Crippen LogP contribution in [0.2, 0.25) is 0 Å². The molecule has 0 aliphatic heterocycles. The number of fused-ring (bicyclic) bond motifs is 3. The minimum atomic E-state index is -0.0763. The van der Waals surface area contributed by atoms with E-state index in [0.717, 1.165) is 27.7 Å². The fourth-order valence-corrected chi connectivity index (χ4v) is 4.77. The van der Waals surface area contributed by atoms with Crippen LogP contribution in [0.5, 0.6) is 11.5 Å². The van der Waals surface area contributed by atoms with Gasteiger partial charge in [0.05, 0.1) is 22.7 Å². The molecule has 5 rings (SSSR count). The smallest absolute Gasteiger partial charge is 0.274 e. The van der Waals surface area contributed by atoms with Gasteiger partial charge in [0.15, 0.2) is 16.5 Å². The fourth-order valence-electron chi connectivity index (χ4n) is 3.80. The number of methoxy groups -OCH3 is 1. The summed E-state index contributed by atoms with van der Waals surface area (Å²) in [5.74, 6) is 1.24. The first kappa shape index (κ1) is 20.3. The van der Waals surface area contributed by atoms with Crippen LogP contribution in [0.3, 0.4) is 0 Å². The third kappa shape index (κ3) is 3.42. The van der Waals surface area contributed by atoms with Crippen LogP contribution in [0.15, 0.2) is 65.5 Å². The quantitative estimate of drug-likeness (QED) is 0.397. The molecule has 160 valence electrons. The molecule has 5 nitrogen and oxygen atoms in total. The van der Waals surface area contributed by atoms with Crippen LogP contribution in [-0.4, -0.2) is 16.5 Å². The van der Waals surface area contributed by atoms with Crippen molar-refractivity contribution in [1.82, 2.24) is 9.38 Å². The van der Waals surface area contributed by atoms with Gasteiger partial charge >= 0.3 is 0 Å². The third-order valence-electron chi connectivity index (χ3n) is 5.68. The molecule has 2 aromatic heterocycles. The predicted molar refractivity (Wildman–Crippen MR) is 129 cm³/mol. The molecule has 2 heterocycles. The molecule has 6 heteroatoms. The first-order valence-electron chi connectivity index (χ1n) is 10.3. The highest BCUT2D eigenvalue weighted by molar-refractivity contribution is 7.15. The summed E-state index contributed by atoms with van der Waals surface area (Å²) in [6.07, 6.45) is 1.86. The van der Waals surface area contributed by atoms with E-state index in [4.69, 9.17) is 14.5 Å². The number of para-hydroxylation sites is 1. The van der Waals surface area contributed by atoms with E-state index in [1.54, 1.807) is 11.5 Å². The standard InChI is InChI=1S/C26H22N2O3S/c1-16-12-13-20-23(17(16)2)27-26-28(20)25(29)22(32-26)14-19-10-7-11-21(30-3)24(19)31-15-18-8-5-4-6-9-18/h4-14H,15H2,1-3H3/b22-14+. The Bertz CT molecular complexity index is 1550. The van der Waals surface area contributed by atoms with E-state index in [1.807, 2.05) is 73.7 Å². The molecule has 0 atom stereocenters. The highest BCUT2D eigenvalue weighted by atomic mass is 32.1. The van der Waals surface area contributed by atoms with Crippen LogP contribution in [0.1, 0.15) is 22.3 Å². The minimum Gasteiger partial charge on any atom is -0.493 e. The van der Waals surface area contributed by atoms with Crippen molar-refractivity contribution in [3.63, 3.8) is 0 Å². The first-order valence-corrected chi connectivity index (χ1v) is 11.1. The number of benzene rings is 3. The van der Waals surface area contributed by atoms with Crippen LogP contribution >= 0.6 is 11.3 Å². The van der Waals surface area contributed by atoms with Crippen molar-refractivity contribution in [2.45, 2.75) is 20.5 Å². The maximum Gasteiger partial charge on any atom is 0.274 e. The number of aryl methyl sites for hydroxylation is 2. The number of rotatable bonds is 5. The first-order chi connectivity index (χ1) is 15.6. The van der Waals surface area contributed by atoms with Crippen LogP contribution < -0.4 is 19.6 Å². The molecule has 0 aliphatic carbocycles. The lowest BCUT2D eigenvalue weighted by Gasteiger charge is -2.13. The predicted octanol–water partition coefficient (Wildman–Crippen LogP) is 4.66. The number of hydrogen-bond donors (Lipinski definition) is 0. The summed E-state index contributed by atoms with van der Waals surface area (Å²) in [7, 11) is 1.61. The van der Waals surface area contributed by atoms with E-state index in [0.29, 0.717) is 27.6 Å². The average Bonchev–Trinajstić information content (AvgIpc) is 3.32. The average molecular weight is 443 g/mol. The second kappa shape index (κ2) is 8.13. The molecule has 32 heavy (non-hydrogen) atoms. The number of aromatic nitrogens is 2. The third-order valence-corrected chi connectivity index (χ3v) is 6.65. The summed E-state index contributed by atoms with van der Waals surface area (Å²) in [4.78, 5) is 18.7. The maximum atomic E-state index is 13.3. The summed E-state index contributed by atoms with van der Waals surface area (Å²) >= 11 is 1.38. The van der Waals surface area contributed by atoms with Crippen molar-refractivity contribution in [2.75, 3.05) is 7.11 Å². The number of hydrogen-bond acceptors (Lipinski definition) is 5. The van der Waals surface area contributed by atoms with Crippen molar-refractivity contribution in [3.8, 4) is 11.5 Å². The molecule has 0 radical (unpaired) electrons. The van der Waals surface area contributed by atoms with Crippen LogP contribution in [-0.2, 0) is 6.61 Å². The normalized spacial score (nSPS) is 12.0. The van der Waals surface area contributed by atoms with E-state index >= 15 is 0 Å². The molecular weight excluding hydrogens is 420 g/mol. The SMILES string of the molecule is COc1cccc(/C=c2/sc3nc4c(C)c(C)ccc4n3c2=O)c1OCc1ccccc1. The zero-order chi connectivity index (χ0) is 22.2. The Morgan fingerprint density at radius 1 is 1.03 bits per heavy atom. The molecule has 0 spiro atoms. The van der Waals surface area contributed by atoms with Crippen LogP contribution in [0, 0.1) is 13.8 Å². The van der Waals surface area contributed by atoms with E-state index in [9.17, 15) is 4.79 Å². The molecule has 5 aromatic rings. The Labute approximate surface area is 189 Å². The Balaban J connectivity index is 1.62. The molecular formula is C26H22N2O3S. The van der Waals surface area contributed by atoms with Crippen LogP contribution in [0.25, 0.3) is 22.1 Å². The van der Waals surface area contributed by atoms with Crippen molar-refractivity contribution in [3.05, 3.63) is 97.8 Å². The van der Waals surface area contributed by atoms with E-state index in [2.05, 4.69) is 6.92 Å². The summed E-state index contributed by atoms with van der Waals surface area (Å²) in [6, 6.07) is 19.6. The fraction of sp³-hybridized carbons (Fsp3) is 0.154. The van der Waals surface area contributed by atoms with Crippen molar-refractivity contribution >= 4 is 33.4 Å². The molecule has 0 saturated heterocycles. The molecule has 0 unspecified atom stereocenters. The Hall–Kier alpha value is -3.64. The summed E-state index contributed by atoms with van der Waals surface area (Å²) in [5.41, 5.74) is 5.77. The zero-order valence-electron chi connectivity index (χ0n) is 18.1. The lowest BCUT2D eigenvalue weighted by Crippen LogP contribution is -2.22. The summed E-state index contributed by atoms with van der Waals surface area (Å²) in [6.45, 7) is 4.50. The van der Waals surface area contributed by atoms with Crippen LogP contribution in [0.4, 0.5) is 0 Å². The Morgan fingerprint density at radius 3 is 2.62 bits per heavy atom. The van der Waals surface area contributed by atoms with Gasteiger partial charge in [-0.05, 0) is 48.7 Å². The largest absolute Gasteiger partial charge is 0.493 e. The second-order valence-electron chi connectivity index (χ2n) is 7.67. The highest BCUT2D eigenvalue weighted by Gasteiger charge is 2.15. The number of imidazole rings is 1. The maximum absolute atomic E-state index is 13.3. The van der Waals surface area contributed by atoms with E-state index in [1.165, 1.54) is 16.9 Å². The van der Waals surface area contributed by atoms with Crippen molar-refractivity contribution in [1.29, 1.82) is 0 Å². The molecule has 3 aromatic carbocycles. The Kier molecular flexibility index (Phi) is 5.15. The van der Waals surface area contributed by atoms with Gasteiger partial charge in [-0.25, -0.2) is 9.38 Å². The van der Waals surface area contributed by atoms with E-state index in [-0.39, 0.29) is 5.56 Å². The number of thiazole rings is 1. The molecule has 0 fully saturated rings. The second-order valence-corrected chi connectivity index (χ2v) is 8.68. The van der Waals surface area contributed by atoms with Gasteiger partial charge in [0, 0.05) is 5.56 Å². The van der Waals surface area contributed by atoms with Gasteiger partial charge in [-0.2, -0.15) is 0 Å². The topological polar surface area (TPSA) is 52.8 Å².